The zero-order chi connectivity index (χ0) is 8.97. The van der Waals surface area contributed by atoms with Crippen LogP contribution in [-0.4, -0.2) is 49.0 Å². The summed E-state index contributed by atoms with van der Waals surface area (Å²) in [6.45, 7) is 1.25. The molecule has 1 saturated heterocycles. The molecule has 1 aliphatic heterocycles. The molecule has 0 saturated carbocycles. The van der Waals surface area contributed by atoms with Crippen molar-refractivity contribution >= 4 is 0 Å². The summed E-state index contributed by atoms with van der Waals surface area (Å²) < 4.78 is 5.16. The molecule has 2 atom stereocenters. The molecule has 12 heavy (non-hydrogen) atoms. The maximum absolute atomic E-state index is 8.97. The highest BCUT2D eigenvalue weighted by Gasteiger charge is 2.30. The van der Waals surface area contributed by atoms with Gasteiger partial charge in [0.05, 0.1) is 25.3 Å². The molecule has 0 aromatic rings. The van der Waals surface area contributed by atoms with E-state index in [1.165, 1.54) is 0 Å². The number of nitrogens with zero attached hydrogens (tertiary/aromatic N) is 2. The lowest BCUT2D eigenvalue weighted by atomic mass is 10.2. The number of hydrogen-bond acceptors (Lipinski definition) is 4. The van der Waals surface area contributed by atoms with Gasteiger partial charge in [-0.2, -0.15) is 5.26 Å². The van der Waals surface area contributed by atoms with E-state index in [1.807, 2.05) is 4.90 Å². The molecule has 0 aromatic heterocycles. The highest BCUT2D eigenvalue weighted by atomic mass is 16.5. The van der Waals surface area contributed by atoms with Crippen molar-refractivity contribution in [1.29, 1.82) is 5.26 Å². The molecule has 1 rings (SSSR count). The van der Waals surface area contributed by atoms with E-state index in [1.54, 1.807) is 7.11 Å². The van der Waals surface area contributed by atoms with Crippen LogP contribution >= 0.6 is 0 Å². The first-order valence-corrected chi connectivity index (χ1v) is 4.06. The second kappa shape index (κ2) is 4.41. The van der Waals surface area contributed by atoms with Crippen LogP contribution in [0.4, 0.5) is 0 Å². The van der Waals surface area contributed by atoms with Gasteiger partial charge in [-0.1, -0.05) is 0 Å². The molecule has 0 bridgehead atoms. The number of aliphatic hydroxyl groups excluding tert-OH is 1. The van der Waals surface area contributed by atoms with E-state index in [0.717, 1.165) is 13.0 Å². The highest BCUT2D eigenvalue weighted by molar-refractivity contribution is 4.90. The lowest BCUT2D eigenvalue weighted by Gasteiger charge is -2.17. The van der Waals surface area contributed by atoms with Gasteiger partial charge < -0.3 is 9.84 Å². The number of nitriles is 1. The molecule has 1 N–H and O–H groups in total. The fourth-order valence-corrected chi connectivity index (χ4v) is 1.58. The van der Waals surface area contributed by atoms with Crippen LogP contribution in [0.5, 0.6) is 0 Å². The van der Waals surface area contributed by atoms with E-state index in [9.17, 15) is 0 Å². The number of hydrogen-bond donors (Lipinski definition) is 1. The Morgan fingerprint density at radius 3 is 3.00 bits per heavy atom. The quantitative estimate of drug-likeness (QED) is 0.585. The molecule has 0 amide bonds. The predicted octanol–water partition coefficient (Wildman–Crippen LogP) is -0.408. The normalized spacial score (nSPS) is 30.4. The van der Waals surface area contributed by atoms with Crippen molar-refractivity contribution in [3.63, 3.8) is 0 Å². The van der Waals surface area contributed by atoms with Gasteiger partial charge in [0.1, 0.15) is 0 Å². The molecule has 1 fully saturated rings. The number of aliphatic hydroxyl groups is 1. The average Bonchev–Trinajstić information content (AvgIpc) is 2.48. The van der Waals surface area contributed by atoms with Gasteiger partial charge in [0.25, 0.3) is 0 Å². The maximum atomic E-state index is 8.97. The summed E-state index contributed by atoms with van der Waals surface area (Å²) in [4.78, 5) is 1.95. The van der Waals surface area contributed by atoms with E-state index in [4.69, 9.17) is 15.1 Å². The summed E-state index contributed by atoms with van der Waals surface area (Å²) in [5, 5.41) is 17.5. The van der Waals surface area contributed by atoms with Crippen LogP contribution in [0.3, 0.4) is 0 Å². The van der Waals surface area contributed by atoms with Gasteiger partial charge >= 0.3 is 0 Å². The Bertz CT molecular complexity index is 178. The Hall–Kier alpha value is -0.630. The molecule has 68 valence electrons. The molecule has 0 spiro atoms. The van der Waals surface area contributed by atoms with Crippen molar-refractivity contribution in [1.82, 2.24) is 4.90 Å². The van der Waals surface area contributed by atoms with Crippen LogP contribution < -0.4 is 0 Å². The van der Waals surface area contributed by atoms with Crippen LogP contribution in [-0.2, 0) is 4.74 Å². The molecule has 4 nitrogen and oxygen atoms in total. The van der Waals surface area contributed by atoms with Gasteiger partial charge in [-0.25, -0.2) is 0 Å². The summed E-state index contributed by atoms with van der Waals surface area (Å²) in [5.41, 5.74) is 0. The summed E-state index contributed by atoms with van der Waals surface area (Å²) in [7, 11) is 1.66. The fraction of sp³-hybridized carbons (Fsp3) is 0.875. The van der Waals surface area contributed by atoms with Crippen molar-refractivity contribution in [2.75, 3.05) is 26.8 Å². The molecular formula is C8H14N2O2. The number of ether oxygens (including phenoxy) is 1. The summed E-state index contributed by atoms with van der Waals surface area (Å²) in [6.07, 6.45) is 1.00. The third-order valence-electron chi connectivity index (χ3n) is 2.31. The predicted molar refractivity (Wildman–Crippen MR) is 43.5 cm³/mol. The zero-order valence-corrected chi connectivity index (χ0v) is 7.23. The third-order valence-corrected chi connectivity index (χ3v) is 2.31. The molecule has 4 heteroatoms. The minimum absolute atomic E-state index is 0.106. The number of likely N-dealkylation sites (tertiary alicyclic amines) is 1. The summed E-state index contributed by atoms with van der Waals surface area (Å²) >= 11 is 0. The Labute approximate surface area is 72.3 Å². The van der Waals surface area contributed by atoms with Crippen molar-refractivity contribution in [2.45, 2.75) is 18.6 Å². The van der Waals surface area contributed by atoms with E-state index >= 15 is 0 Å². The zero-order valence-electron chi connectivity index (χ0n) is 7.23. The van der Waals surface area contributed by atoms with Crippen LogP contribution in [0, 0.1) is 11.3 Å². The van der Waals surface area contributed by atoms with E-state index in [-0.39, 0.29) is 18.8 Å². The molecule has 0 aromatic carbocycles. The minimum atomic E-state index is 0.106. The second-order valence-electron chi connectivity index (χ2n) is 3.02. The van der Waals surface area contributed by atoms with Gasteiger partial charge in [0, 0.05) is 19.7 Å². The SMILES string of the molecule is COC1CC(CO)N(CC#N)C1. The number of methoxy groups -OCH3 is 1. The summed E-state index contributed by atoms with van der Waals surface area (Å²) in [6, 6.07) is 2.18. The Kier molecular flexibility index (Phi) is 3.48. The lowest BCUT2D eigenvalue weighted by molar-refractivity contribution is 0.110. The average molecular weight is 170 g/mol. The maximum Gasteiger partial charge on any atom is 0.0870 e. The minimum Gasteiger partial charge on any atom is -0.395 e. The van der Waals surface area contributed by atoms with Crippen molar-refractivity contribution in [3.8, 4) is 6.07 Å². The Morgan fingerprint density at radius 2 is 2.50 bits per heavy atom. The molecular weight excluding hydrogens is 156 g/mol. The standard InChI is InChI=1S/C8H14N2O2/c1-12-8-4-7(6-11)10(5-8)3-2-9/h7-8,11H,3-6H2,1H3. The molecule has 1 heterocycles. The molecule has 0 radical (unpaired) electrons. The van der Waals surface area contributed by atoms with E-state index in [0.29, 0.717) is 6.54 Å². The first-order chi connectivity index (χ1) is 5.81. The van der Waals surface area contributed by atoms with Crippen molar-refractivity contribution < 1.29 is 9.84 Å². The number of rotatable bonds is 3. The van der Waals surface area contributed by atoms with Gasteiger partial charge in [0.15, 0.2) is 0 Å². The third kappa shape index (κ3) is 1.95. The van der Waals surface area contributed by atoms with Gasteiger partial charge in [-0.05, 0) is 6.42 Å². The summed E-state index contributed by atoms with van der Waals surface area (Å²) in [5.74, 6) is 0. The largest absolute Gasteiger partial charge is 0.395 e. The van der Waals surface area contributed by atoms with Crippen LogP contribution in [0.1, 0.15) is 6.42 Å². The molecule has 1 aliphatic rings. The van der Waals surface area contributed by atoms with Crippen LogP contribution in [0.2, 0.25) is 0 Å². The highest BCUT2D eigenvalue weighted by Crippen LogP contribution is 2.18. The van der Waals surface area contributed by atoms with Crippen LogP contribution in [0.25, 0.3) is 0 Å². The smallest absolute Gasteiger partial charge is 0.0870 e. The van der Waals surface area contributed by atoms with Gasteiger partial charge in [-0.3, -0.25) is 4.90 Å². The van der Waals surface area contributed by atoms with Gasteiger partial charge in [-0.15, -0.1) is 0 Å². The Morgan fingerprint density at radius 1 is 1.75 bits per heavy atom. The topological polar surface area (TPSA) is 56.5 Å². The molecule has 2 unspecified atom stereocenters. The van der Waals surface area contributed by atoms with Crippen LogP contribution in [0.15, 0.2) is 0 Å². The first kappa shape index (κ1) is 9.46. The first-order valence-electron chi connectivity index (χ1n) is 4.06. The van der Waals surface area contributed by atoms with Crippen molar-refractivity contribution in [3.05, 3.63) is 0 Å². The monoisotopic (exact) mass is 170 g/mol. The fourth-order valence-electron chi connectivity index (χ4n) is 1.58. The van der Waals surface area contributed by atoms with Crippen molar-refractivity contribution in [2.24, 2.45) is 0 Å². The van der Waals surface area contributed by atoms with E-state index in [2.05, 4.69) is 6.07 Å². The lowest BCUT2D eigenvalue weighted by Crippen LogP contribution is -2.32. The van der Waals surface area contributed by atoms with E-state index < -0.39 is 0 Å². The molecule has 0 aliphatic carbocycles. The Balaban J connectivity index is 2.45. The van der Waals surface area contributed by atoms with Gasteiger partial charge in [0.2, 0.25) is 0 Å². The second-order valence-corrected chi connectivity index (χ2v) is 3.02.